The number of nitrogens with one attached hydrogen (secondary N) is 1. The van der Waals surface area contributed by atoms with E-state index in [2.05, 4.69) is 9.97 Å². The number of nitrogens with zero attached hydrogens (tertiary/aromatic N) is 1. The molecular weight excluding hydrogens is 278 g/mol. The Morgan fingerprint density at radius 3 is 2.40 bits per heavy atom. The second kappa shape index (κ2) is 6.23. The molecule has 0 atom stereocenters. The molecule has 0 aliphatic carbocycles. The lowest BCUT2D eigenvalue weighted by molar-refractivity contribution is 1.31. The van der Waals surface area contributed by atoms with E-state index in [9.17, 15) is 0 Å². The second-order valence-electron chi connectivity index (χ2n) is 2.56. The van der Waals surface area contributed by atoms with Crippen LogP contribution in [0.15, 0.2) is 30.6 Å². The topological polar surface area (TPSA) is 28.7 Å². The summed E-state index contributed by atoms with van der Waals surface area (Å²) in [5.74, 6) is 0.752. The van der Waals surface area contributed by atoms with Crippen molar-refractivity contribution >= 4 is 48.0 Å². The third-order valence-corrected chi connectivity index (χ3v) is 2.23. The third kappa shape index (κ3) is 3.28. The van der Waals surface area contributed by atoms with Crippen molar-refractivity contribution < 1.29 is 0 Å². The minimum absolute atomic E-state index is 0. The Balaban J connectivity index is 0.000000980. The van der Waals surface area contributed by atoms with Crippen LogP contribution in [0.25, 0.3) is 11.4 Å². The highest BCUT2D eigenvalue weighted by Crippen LogP contribution is 2.27. The summed E-state index contributed by atoms with van der Waals surface area (Å²) in [6.45, 7) is 0. The van der Waals surface area contributed by atoms with Crippen LogP contribution in [-0.4, -0.2) is 9.97 Å². The molecule has 0 aliphatic heterocycles. The molecule has 0 radical (unpaired) electrons. The summed E-state index contributed by atoms with van der Waals surface area (Å²) in [6, 6.07) is 5.32. The average Bonchev–Trinajstić information content (AvgIpc) is 2.56. The lowest BCUT2D eigenvalue weighted by Crippen LogP contribution is -1.81. The van der Waals surface area contributed by atoms with Gasteiger partial charge in [-0.15, -0.1) is 24.8 Å². The zero-order valence-electron chi connectivity index (χ0n) is 7.41. The zero-order valence-corrected chi connectivity index (χ0v) is 10.6. The second-order valence-corrected chi connectivity index (χ2v) is 3.41. The predicted molar refractivity (Wildman–Crippen MR) is 68.5 cm³/mol. The van der Waals surface area contributed by atoms with Gasteiger partial charge in [0.05, 0.1) is 5.02 Å². The van der Waals surface area contributed by atoms with Crippen molar-refractivity contribution in [3.05, 3.63) is 40.6 Å². The normalized spacial score (nSPS) is 8.93. The Labute approximate surface area is 110 Å². The Bertz CT molecular complexity index is 414. The number of imidazole rings is 1. The maximum Gasteiger partial charge on any atom is 0.138 e. The van der Waals surface area contributed by atoms with Gasteiger partial charge in [-0.2, -0.15) is 0 Å². The smallest absolute Gasteiger partial charge is 0.138 e. The molecule has 2 rings (SSSR count). The van der Waals surface area contributed by atoms with E-state index in [1.807, 2.05) is 6.07 Å². The number of hydrogen-bond donors (Lipinski definition) is 1. The van der Waals surface area contributed by atoms with E-state index >= 15 is 0 Å². The number of hydrogen-bond acceptors (Lipinski definition) is 1. The lowest BCUT2D eigenvalue weighted by atomic mass is 10.2. The third-order valence-electron chi connectivity index (χ3n) is 1.68. The van der Waals surface area contributed by atoms with Crippen LogP contribution < -0.4 is 0 Å². The number of aromatic nitrogens is 2. The van der Waals surface area contributed by atoms with Crippen LogP contribution >= 0.6 is 48.0 Å². The molecule has 0 amide bonds. The summed E-state index contributed by atoms with van der Waals surface area (Å²) >= 11 is 11.7. The zero-order chi connectivity index (χ0) is 9.26. The fraction of sp³-hybridized carbons (Fsp3) is 0. The Kier molecular flexibility index (Phi) is 6.06. The van der Waals surface area contributed by atoms with Crippen LogP contribution in [0.4, 0.5) is 0 Å². The summed E-state index contributed by atoms with van der Waals surface area (Å²) in [4.78, 5) is 7.07. The Morgan fingerprint density at radius 2 is 1.87 bits per heavy atom. The monoisotopic (exact) mass is 284 g/mol. The first-order valence-electron chi connectivity index (χ1n) is 3.72. The molecular formula is C9H8Cl4N2. The summed E-state index contributed by atoms with van der Waals surface area (Å²) in [5.41, 5.74) is 0.857. The molecule has 15 heavy (non-hydrogen) atoms. The molecule has 0 aliphatic rings. The van der Waals surface area contributed by atoms with E-state index in [0.29, 0.717) is 10.0 Å². The molecule has 2 nitrogen and oxygen atoms in total. The molecule has 0 unspecified atom stereocenters. The van der Waals surface area contributed by atoms with Gasteiger partial charge in [-0.1, -0.05) is 23.2 Å². The van der Waals surface area contributed by atoms with E-state index < -0.39 is 0 Å². The SMILES string of the molecule is Cl.Cl.Clc1ccc(-c2ncc[nH]2)c(Cl)c1. The summed E-state index contributed by atoms with van der Waals surface area (Å²) in [5, 5.41) is 1.22. The quantitative estimate of drug-likeness (QED) is 0.835. The van der Waals surface area contributed by atoms with Gasteiger partial charge < -0.3 is 4.98 Å². The van der Waals surface area contributed by atoms with E-state index in [0.717, 1.165) is 11.4 Å². The van der Waals surface area contributed by atoms with E-state index in [4.69, 9.17) is 23.2 Å². The Hall–Kier alpha value is -0.410. The maximum atomic E-state index is 5.98. The first-order valence-corrected chi connectivity index (χ1v) is 4.48. The van der Waals surface area contributed by atoms with Gasteiger partial charge in [-0.25, -0.2) is 4.98 Å². The molecule has 1 heterocycles. The molecule has 1 N–H and O–H groups in total. The molecule has 0 fully saturated rings. The first kappa shape index (κ1) is 14.6. The van der Waals surface area contributed by atoms with Gasteiger partial charge >= 0.3 is 0 Å². The summed E-state index contributed by atoms with van der Waals surface area (Å²) < 4.78 is 0. The van der Waals surface area contributed by atoms with Crippen LogP contribution in [0, 0.1) is 0 Å². The molecule has 0 saturated carbocycles. The molecule has 0 saturated heterocycles. The van der Waals surface area contributed by atoms with Gasteiger partial charge in [0.25, 0.3) is 0 Å². The maximum absolute atomic E-state index is 5.98. The van der Waals surface area contributed by atoms with Crippen molar-refractivity contribution in [2.75, 3.05) is 0 Å². The molecule has 1 aromatic heterocycles. The van der Waals surface area contributed by atoms with Crippen molar-refractivity contribution in [3.8, 4) is 11.4 Å². The fourth-order valence-electron chi connectivity index (χ4n) is 1.09. The van der Waals surface area contributed by atoms with Gasteiger partial charge in [0, 0.05) is 23.0 Å². The molecule has 0 spiro atoms. The predicted octanol–water partition coefficient (Wildman–Crippen LogP) is 4.23. The molecule has 82 valence electrons. The average molecular weight is 286 g/mol. The largest absolute Gasteiger partial charge is 0.345 e. The minimum Gasteiger partial charge on any atom is -0.345 e. The van der Waals surface area contributed by atoms with E-state index in [1.165, 1.54) is 0 Å². The van der Waals surface area contributed by atoms with Gasteiger partial charge in [-0.05, 0) is 18.2 Å². The molecule has 6 heteroatoms. The van der Waals surface area contributed by atoms with Crippen molar-refractivity contribution in [1.82, 2.24) is 9.97 Å². The van der Waals surface area contributed by atoms with Crippen LogP contribution in [0.3, 0.4) is 0 Å². The summed E-state index contributed by atoms with van der Waals surface area (Å²) in [6.07, 6.45) is 3.43. The van der Waals surface area contributed by atoms with Crippen LogP contribution in [0.5, 0.6) is 0 Å². The van der Waals surface area contributed by atoms with Crippen molar-refractivity contribution in [2.24, 2.45) is 0 Å². The van der Waals surface area contributed by atoms with Crippen LogP contribution in [-0.2, 0) is 0 Å². The number of H-pyrrole nitrogens is 1. The lowest BCUT2D eigenvalue weighted by Gasteiger charge is -2.00. The van der Waals surface area contributed by atoms with Gasteiger partial charge in [-0.3, -0.25) is 0 Å². The minimum atomic E-state index is 0. The first-order chi connectivity index (χ1) is 6.27. The van der Waals surface area contributed by atoms with E-state index in [1.54, 1.807) is 24.5 Å². The summed E-state index contributed by atoms with van der Waals surface area (Å²) in [7, 11) is 0. The van der Waals surface area contributed by atoms with E-state index in [-0.39, 0.29) is 24.8 Å². The highest BCUT2D eigenvalue weighted by molar-refractivity contribution is 6.36. The van der Waals surface area contributed by atoms with Gasteiger partial charge in [0.1, 0.15) is 5.82 Å². The number of halogens is 4. The number of rotatable bonds is 1. The Morgan fingerprint density at radius 1 is 1.13 bits per heavy atom. The fourth-order valence-corrected chi connectivity index (χ4v) is 1.59. The standard InChI is InChI=1S/C9H6Cl2N2.2ClH/c10-6-1-2-7(8(11)5-6)9-12-3-4-13-9;;/h1-5H,(H,12,13);2*1H. The van der Waals surface area contributed by atoms with Crippen molar-refractivity contribution in [1.29, 1.82) is 0 Å². The van der Waals surface area contributed by atoms with Crippen molar-refractivity contribution in [2.45, 2.75) is 0 Å². The number of benzene rings is 1. The molecule has 0 bridgehead atoms. The van der Waals surface area contributed by atoms with Gasteiger partial charge in [0.15, 0.2) is 0 Å². The highest BCUT2D eigenvalue weighted by Gasteiger charge is 2.04. The van der Waals surface area contributed by atoms with Gasteiger partial charge in [0.2, 0.25) is 0 Å². The molecule has 2 aromatic rings. The molecule has 1 aromatic carbocycles. The van der Waals surface area contributed by atoms with Crippen LogP contribution in [0.2, 0.25) is 10.0 Å². The van der Waals surface area contributed by atoms with Crippen LogP contribution in [0.1, 0.15) is 0 Å². The highest BCUT2D eigenvalue weighted by atomic mass is 35.5. The number of aromatic amines is 1. The van der Waals surface area contributed by atoms with Crippen molar-refractivity contribution in [3.63, 3.8) is 0 Å².